The molecule has 1 aliphatic heterocycles. The van der Waals surface area contributed by atoms with Gasteiger partial charge in [0.15, 0.2) is 17.3 Å². The molecule has 2 atom stereocenters. The van der Waals surface area contributed by atoms with Gasteiger partial charge in [-0.15, -0.1) is 0 Å². The maximum Gasteiger partial charge on any atom is 0.273 e. The Labute approximate surface area is 141 Å². The minimum absolute atomic E-state index is 0.112. The number of nitrogens with one attached hydrogen (secondary N) is 1. The molecule has 1 aromatic carbocycles. The van der Waals surface area contributed by atoms with Crippen LogP contribution in [0.5, 0.6) is 0 Å². The van der Waals surface area contributed by atoms with E-state index in [9.17, 15) is 4.79 Å². The standard InChI is InChI=1S/C19H22N2O3/c1-13-21-16(17(24-13)14-6-3-2-4-7-14)18(22)20-12-19-9-5-8-15(19)23-11-10-19/h2-4,6-7,15H,5,8-12H2,1H3,(H,20,22)/t15-,19-/m1/s1. The van der Waals surface area contributed by atoms with Crippen molar-refractivity contribution in [2.75, 3.05) is 13.2 Å². The van der Waals surface area contributed by atoms with Crippen LogP contribution >= 0.6 is 0 Å². The first-order chi connectivity index (χ1) is 11.7. The first-order valence-corrected chi connectivity index (χ1v) is 8.61. The Hall–Kier alpha value is -2.14. The van der Waals surface area contributed by atoms with Crippen molar-refractivity contribution in [2.24, 2.45) is 5.41 Å². The van der Waals surface area contributed by atoms with Crippen LogP contribution in [0.1, 0.15) is 42.1 Å². The van der Waals surface area contributed by atoms with E-state index in [4.69, 9.17) is 9.15 Å². The minimum Gasteiger partial charge on any atom is -0.440 e. The first-order valence-electron chi connectivity index (χ1n) is 8.61. The second-order valence-corrected chi connectivity index (χ2v) is 6.82. The van der Waals surface area contributed by atoms with Crippen LogP contribution in [0.4, 0.5) is 0 Å². The molecule has 0 unspecified atom stereocenters. The van der Waals surface area contributed by atoms with Gasteiger partial charge in [-0.25, -0.2) is 4.98 Å². The van der Waals surface area contributed by atoms with E-state index in [0.29, 0.717) is 30.0 Å². The summed E-state index contributed by atoms with van der Waals surface area (Å²) in [5, 5.41) is 3.09. The molecule has 2 fully saturated rings. The zero-order valence-corrected chi connectivity index (χ0v) is 13.9. The van der Waals surface area contributed by atoms with Crippen molar-refractivity contribution in [3.63, 3.8) is 0 Å². The van der Waals surface area contributed by atoms with Crippen LogP contribution in [0.2, 0.25) is 0 Å². The summed E-state index contributed by atoms with van der Waals surface area (Å²) in [6.45, 7) is 3.22. The highest BCUT2D eigenvalue weighted by Gasteiger charge is 2.47. The van der Waals surface area contributed by atoms with E-state index in [0.717, 1.165) is 31.4 Å². The summed E-state index contributed by atoms with van der Waals surface area (Å²) >= 11 is 0. The van der Waals surface area contributed by atoms with Crippen molar-refractivity contribution in [2.45, 2.75) is 38.7 Å². The molecule has 0 radical (unpaired) electrons. The normalized spacial score (nSPS) is 25.6. The molecule has 0 bridgehead atoms. The zero-order chi connectivity index (χ0) is 16.6. The topological polar surface area (TPSA) is 64.4 Å². The van der Waals surface area contributed by atoms with E-state index in [1.807, 2.05) is 30.3 Å². The third-order valence-corrected chi connectivity index (χ3v) is 5.33. The van der Waals surface area contributed by atoms with Gasteiger partial charge in [-0.2, -0.15) is 0 Å². The molecule has 1 N–H and O–H groups in total. The van der Waals surface area contributed by atoms with Crippen molar-refractivity contribution >= 4 is 5.91 Å². The van der Waals surface area contributed by atoms with Gasteiger partial charge in [0.05, 0.1) is 6.10 Å². The molecule has 1 amide bonds. The molecular formula is C19H22N2O3. The van der Waals surface area contributed by atoms with Crippen LogP contribution in [0.15, 0.2) is 34.7 Å². The third-order valence-electron chi connectivity index (χ3n) is 5.33. The molecule has 1 saturated carbocycles. The quantitative estimate of drug-likeness (QED) is 0.936. The fourth-order valence-corrected chi connectivity index (χ4v) is 4.05. The number of ether oxygens (including phenoxy) is 1. The molecule has 0 spiro atoms. The summed E-state index contributed by atoms with van der Waals surface area (Å²) in [6, 6.07) is 9.63. The average molecular weight is 326 g/mol. The number of carbonyl (C=O) groups excluding carboxylic acids is 1. The van der Waals surface area contributed by atoms with Crippen LogP contribution in [0, 0.1) is 12.3 Å². The molecule has 1 aliphatic carbocycles. The molecule has 1 saturated heterocycles. The number of aryl methyl sites for hydroxylation is 1. The lowest BCUT2D eigenvalue weighted by molar-refractivity contribution is 0.0668. The van der Waals surface area contributed by atoms with Crippen LogP contribution < -0.4 is 5.32 Å². The molecule has 5 nitrogen and oxygen atoms in total. The van der Waals surface area contributed by atoms with Gasteiger partial charge >= 0.3 is 0 Å². The van der Waals surface area contributed by atoms with Crippen LogP contribution in [0.3, 0.4) is 0 Å². The summed E-state index contributed by atoms with van der Waals surface area (Å²) in [7, 11) is 0. The Morgan fingerprint density at radius 3 is 3.00 bits per heavy atom. The number of hydrogen-bond donors (Lipinski definition) is 1. The molecule has 4 rings (SSSR count). The predicted molar refractivity (Wildman–Crippen MR) is 89.7 cm³/mol. The smallest absolute Gasteiger partial charge is 0.273 e. The van der Waals surface area contributed by atoms with Crippen molar-refractivity contribution in [3.8, 4) is 11.3 Å². The SMILES string of the molecule is Cc1nc(C(=O)NC[C@]23CCC[C@H]2OCC3)c(-c2ccccc2)o1. The number of oxazole rings is 1. The maximum absolute atomic E-state index is 12.7. The number of aromatic nitrogens is 1. The van der Waals surface area contributed by atoms with E-state index >= 15 is 0 Å². The highest BCUT2D eigenvalue weighted by molar-refractivity contribution is 5.97. The second-order valence-electron chi connectivity index (χ2n) is 6.82. The van der Waals surface area contributed by atoms with E-state index < -0.39 is 0 Å². The Balaban J connectivity index is 1.53. The molecule has 24 heavy (non-hydrogen) atoms. The van der Waals surface area contributed by atoms with Crippen LogP contribution in [-0.4, -0.2) is 30.1 Å². The van der Waals surface area contributed by atoms with Gasteiger partial charge in [0.1, 0.15) is 0 Å². The number of rotatable bonds is 4. The lowest BCUT2D eigenvalue weighted by atomic mass is 9.83. The molecule has 1 aromatic heterocycles. The van der Waals surface area contributed by atoms with E-state index in [1.54, 1.807) is 6.92 Å². The summed E-state index contributed by atoms with van der Waals surface area (Å²) in [5.74, 6) is 0.867. The molecular weight excluding hydrogens is 304 g/mol. The summed E-state index contributed by atoms with van der Waals surface area (Å²) in [4.78, 5) is 17.0. The minimum atomic E-state index is -0.169. The summed E-state index contributed by atoms with van der Waals surface area (Å²) in [5.41, 5.74) is 1.34. The Morgan fingerprint density at radius 2 is 2.17 bits per heavy atom. The highest BCUT2D eigenvalue weighted by Crippen LogP contribution is 2.46. The molecule has 2 heterocycles. The molecule has 2 aromatic rings. The number of benzene rings is 1. The van der Waals surface area contributed by atoms with Crippen molar-refractivity contribution < 1.29 is 13.9 Å². The van der Waals surface area contributed by atoms with Gasteiger partial charge in [-0.3, -0.25) is 4.79 Å². The summed E-state index contributed by atoms with van der Waals surface area (Å²) in [6.07, 6.45) is 4.74. The maximum atomic E-state index is 12.7. The van der Waals surface area contributed by atoms with E-state index in [1.165, 1.54) is 6.42 Å². The second kappa shape index (κ2) is 6.06. The van der Waals surface area contributed by atoms with E-state index in [2.05, 4.69) is 10.3 Å². The van der Waals surface area contributed by atoms with Crippen molar-refractivity contribution in [3.05, 3.63) is 41.9 Å². The van der Waals surface area contributed by atoms with E-state index in [-0.39, 0.29) is 11.3 Å². The molecule has 5 heteroatoms. The fourth-order valence-electron chi connectivity index (χ4n) is 4.05. The van der Waals surface area contributed by atoms with Crippen molar-refractivity contribution in [1.82, 2.24) is 10.3 Å². The predicted octanol–water partition coefficient (Wildman–Crippen LogP) is 3.34. The van der Waals surface area contributed by atoms with Crippen molar-refractivity contribution in [1.29, 1.82) is 0 Å². The lowest BCUT2D eigenvalue weighted by Crippen LogP contribution is -2.40. The van der Waals surface area contributed by atoms with Gasteiger partial charge in [-0.05, 0) is 19.3 Å². The first kappa shape index (κ1) is 15.4. The third kappa shape index (κ3) is 2.63. The van der Waals surface area contributed by atoms with Crippen LogP contribution in [-0.2, 0) is 4.74 Å². The number of hydrogen-bond acceptors (Lipinski definition) is 4. The highest BCUT2D eigenvalue weighted by atomic mass is 16.5. The number of nitrogens with zero attached hydrogens (tertiary/aromatic N) is 1. The fraction of sp³-hybridized carbons (Fsp3) is 0.474. The van der Waals surface area contributed by atoms with Crippen LogP contribution in [0.25, 0.3) is 11.3 Å². The molecule has 126 valence electrons. The van der Waals surface area contributed by atoms with Gasteiger partial charge in [0.2, 0.25) is 0 Å². The molecule has 2 aliphatic rings. The zero-order valence-electron chi connectivity index (χ0n) is 13.9. The Kier molecular flexibility index (Phi) is 3.88. The lowest BCUT2D eigenvalue weighted by Gasteiger charge is -2.27. The number of fused-ring (bicyclic) bond motifs is 1. The average Bonchev–Trinajstić information content (AvgIpc) is 3.27. The summed E-state index contributed by atoms with van der Waals surface area (Å²) < 4.78 is 11.5. The van der Waals surface area contributed by atoms with Gasteiger partial charge in [0, 0.05) is 31.1 Å². The Morgan fingerprint density at radius 1 is 1.33 bits per heavy atom. The van der Waals surface area contributed by atoms with Gasteiger partial charge in [0.25, 0.3) is 5.91 Å². The number of carbonyl (C=O) groups is 1. The monoisotopic (exact) mass is 326 g/mol. The van der Waals surface area contributed by atoms with Gasteiger partial charge in [-0.1, -0.05) is 36.8 Å². The Bertz CT molecular complexity index is 728. The van der Waals surface area contributed by atoms with Gasteiger partial charge < -0.3 is 14.5 Å². The number of amides is 1. The largest absolute Gasteiger partial charge is 0.440 e.